The second-order valence-electron chi connectivity index (χ2n) is 2.71. The van der Waals surface area contributed by atoms with E-state index in [1.165, 1.54) is 25.7 Å². The van der Waals surface area contributed by atoms with Gasteiger partial charge in [0.1, 0.15) is 0 Å². The van der Waals surface area contributed by atoms with Crippen LogP contribution in [0.3, 0.4) is 0 Å². The average Bonchev–Trinajstić information content (AvgIpc) is 1.94. The Morgan fingerprint density at radius 3 is 2.70 bits per heavy atom. The Bertz CT molecular complexity index is 97.6. The molecule has 1 aliphatic carbocycles. The third-order valence-electron chi connectivity index (χ3n) is 1.94. The van der Waals surface area contributed by atoms with Crippen LogP contribution >= 0.6 is 0 Å². The quantitative estimate of drug-likeness (QED) is 0.454. The summed E-state index contributed by atoms with van der Waals surface area (Å²) in [6.07, 6.45) is 5.21. The van der Waals surface area contributed by atoms with Crippen molar-refractivity contribution in [3.8, 4) is 0 Å². The molecule has 1 saturated carbocycles. The number of hydrogen-bond acceptors (Lipinski definition) is 2. The Hall–Kier alpha value is 0.650. The van der Waals surface area contributed by atoms with E-state index in [0.717, 1.165) is 3.92 Å². The van der Waals surface area contributed by atoms with Crippen LogP contribution in [0.2, 0.25) is 0 Å². The van der Waals surface area contributed by atoms with Gasteiger partial charge in [0.25, 0.3) is 0 Å². The van der Waals surface area contributed by atoms with Crippen LogP contribution in [0.5, 0.6) is 0 Å². The van der Waals surface area contributed by atoms with E-state index < -0.39 is 0 Å². The third kappa shape index (κ3) is 2.36. The molecule has 2 nitrogen and oxygen atoms in total. The van der Waals surface area contributed by atoms with Crippen molar-refractivity contribution in [2.75, 3.05) is 7.11 Å². The summed E-state index contributed by atoms with van der Waals surface area (Å²) in [7, 11) is 1.80. The zero-order valence-electron chi connectivity index (χ0n) is 6.35. The molecule has 10 heavy (non-hydrogen) atoms. The summed E-state index contributed by atoms with van der Waals surface area (Å²) >= 11 is -0.0584. The van der Waals surface area contributed by atoms with Gasteiger partial charge in [0.2, 0.25) is 0 Å². The van der Waals surface area contributed by atoms with Crippen LogP contribution in [-0.4, -0.2) is 17.1 Å². The van der Waals surface area contributed by atoms with Gasteiger partial charge in [-0.2, -0.15) is 0 Å². The van der Waals surface area contributed by atoms with Gasteiger partial charge in [0, 0.05) is 0 Å². The second-order valence-corrected chi connectivity index (χ2v) is 5.70. The fraction of sp³-hybridized carbons (Fsp3) is 1.00. The van der Waals surface area contributed by atoms with Crippen molar-refractivity contribution < 1.29 is 24.7 Å². The molecule has 1 rings (SSSR count). The maximum absolute atomic E-state index is 5.91. The van der Waals surface area contributed by atoms with Gasteiger partial charge in [-0.05, 0) is 0 Å². The van der Waals surface area contributed by atoms with Crippen LogP contribution in [-0.2, 0) is 3.07 Å². The third-order valence-corrected chi connectivity index (χ3v) is 4.64. The van der Waals surface area contributed by atoms with Gasteiger partial charge in [-0.15, -0.1) is 0 Å². The van der Waals surface area contributed by atoms with Crippen molar-refractivity contribution in [2.45, 2.75) is 35.6 Å². The molecular weight excluding hydrogens is 241 g/mol. The summed E-state index contributed by atoms with van der Waals surface area (Å²) in [5.41, 5.74) is 5.91. The predicted octanol–water partition coefficient (Wildman–Crippen LogP) is -2.09. The molecule has 3 heteroatoms. The molecule has 0 aromatic heterocycles. The number of hydrogen-bond donors (Lipinski definition) is 1. The van der Waals surface area contributed by atoms with Crippen molar-refractivity contribution in [2.24, 2.45) is 5.73 Å². The first-order chi connectivity index (χ1) is 4.84. The fourth-order valence-electron chi connectivity index (χ4n) is 1.34. The van der Waals surface area contributed by atoms with E-state index >= 15 is 0 Å². The summed E-state index contributed by atoms with van der Waals surface area (Å²) in [6.45, 7) is 0. The van der Waals surface area contributed by atoms with E-state index in [1.54, 1.807) is 7.11 Å². The van der Waals surface area contributed by atoms with E-state index in [1.807, 2.05) is 0 Å². The van der Waals surface area contributed by atoms with Crippen molar-refractivity contribution >= 4 is 0 Å². The Balaban J connectivity index is 2.25. The maximum atomic E-state index is 5.91. The molecular formula is C7H15INO-. The van der Waals surface area contributed by atoms with Crippen LogP contribution in [0, 0.1) is 0 Å². The van der Waals surface area contributed by atoms with E-state index in [0.29, 0.717) is 6.04 Å². The summed E-state index contributed by atoms with van der Waals surface area (Å²) in [5, 5.41) is 0. The monoisotopic (exact) mass is 256 g/mol. The molecule has 0 saturated heterocycles. The Morgan fingerprint density at radius 1 is 1.40 bits per heavy atom. The molecule has 0 unspecified atom stereocenters. The number of rotatable bonds is 2. The SMILES string of the molecule is CO[I-][C@@H]1CCCC[C@@H]1N. The zero-order valence-corrected chi connectivity index (χ0v) is 8.50. The van der Waals surface area contributed by atoms with Crippen molar-refractivity contribution in [1.82, 2.24) is 0 Å². The van der Waals surface area contributed by atoms with Crippen LogP contribution in [0.15, 0.2) is 0 Å². The minimum atomic E-state index is -0.0584. The molecule has 0 aliphatic heterocycles. The number of alkyl halides is 1. The topological polar surface area (TPSA) is 35.2 Å². The van der Waals surface area contributed by atoms with Gasteiger partial charge in [0.05, 0.1) is 0 Å². The first kappa shape index (κ1) is 8.74. The average molecular weight is 256 g/mol. The van der Waals surface area contributed by atoms with E-state index in [9.17, 15) is 0 Å². The van der Waals surface area contributed by atoms with Crippen molar-refractivity contribution in [3.63, 3.8) is 0 Å². The minimum absolute atomic E-state index is 0.0584. The van der Waals surface area contributed by atoms with E-state index in [4.69, 9.17) is 8.80 Å². The first-order valence-electron chi connectivity index (χ1n) is 3.76. The zero-order chi connectivity index (χ0) is 7.40. The van der Waals surface area contributed by atoms with Crippen molar-refractivity contribution in [1.29, 1.82) is 0 Å². The molecule has 2 atom stereocenters. The Morgan fingerprint density at radius 2 is 2.10 bits per heavy atom. The van der Waals surface area contributed by atoms with Crippen LogP contribution in [0.25, 0.3) is 0 Å². The standard InChI is InChI=1S/C7H15INO/c1-10-8-6-4-2-3-5-7(6)9/h6-7H,2-5,9H2,1H3/q-1/t6-,7+/m1/s1. The summed E-state index contributed by atoms with van der Waals surface area (Å²) in [5.74, 6) is 0. The Kier molecular flexibility index (Phi) is 3.95. The summed E-state index contributed by atoms with van der Waals surface area (Å²) < 4.78 is 5.92. The molecule has 0 bridgehead atoms. The van der Waals surface area contributed by atoms with E-state index in [-0.39, 0.29) is 21.6 Å². The van der Waals surface area contributed by atoms with Crippen molar-refractivity contribution in [3.05, 3.63) is 0 Å². The molecule has 0 heterocycles. The first-order valence-corrected chi connectivity index (χ1v) is 5.89. The van der Waals surface area contributed by atoms with Gasteiger partial charge in [0.15, 0.2) is 0 Å². The van der Waals surface area contributed by atoms with Gasteiger partial charge >= 0.3 is 73.2 Å². The molecule has 1 aliphatic rings. The van der Waals surface area contributed by atoms with Crippen LogP contribution < -0.4 is 27.4 Å². The molecule has 62 valence electrons. The molecule has 0 aromatic rings. The number of nitrogens with two attached hydrogens (primary N) is 1. The normalized spacial score (nSPS) is 34.6. The van der Waals surface area contributed by atoms with Gasteiger partial charge < -0.3 is 0 Å². The van der Waals surface area contributed by atoms with E-state index in [2.05, 4.69) is 0 Å². The van der Waals surface area contributed by atoms with Gasteiger partial charge in [-0.25, -0.2) is 0 Å². The molecule has 1 fully saturated rings. The molecule has 0 aromatic carbocycles. The summed E-state index contributed by atoms with van der Waals surface area (Å²) in [6, 6.07) is 0.446. The predicted molar refractivity (Wildman–Crippen MR) is 37.2 cm³/mol. The summed E-state index contributed by atoms with van der Waals surface area (Å²) in [4.78, 5) is 0. The van der Waals surface area contributed by atoms with Gasteiger partial charge in [-0.3, -0.25) is 0 Å². The van der Waals surface area contributed by atoms with Crippen LogP contribution in [0.4, 0.5) is 0 Å². The second kappa shape index (κ2) is 4.51. The van der Waals surface area contributed by atoms with Gasteiger partial charge in [-0.1, -0.05) is 0 Å². The molecule has 0 amide bonds. The molecule has 2 N–H and O–H groups in total. The molecule has 0 spiro atoms. The Labute approximate surface area is 73.3 Å². The number of halogens is 1. The van der Waals surface area contributed by atoms with Crippen LogP contribution in [0.1, 0.15) is 25.7 Å². The molecule has 0 radical (unpaired) electrons. The fourth-order valence-corrected chi connectivity index (χ4v) is 3.42.